The smallest absolute Gasteiger partial charge is 0.164 e. The second kappa shape index (κ2) is 11.5. The molecule has 0 saturated carbocycles. The molecule has 0 spiro atoms. The molecule has 46 heavy (non-hydrogen) atoms. The average Bonchev–Trinajstić information content (AvgIpc) is 3.62. The van der Waals surface area contributed by atoms with Crippen LogP contribution in [0.15, 0.2) is 155 Å². The van der Waals surface area contributed by atoms with Crippen LogP contribution in [-0.4, -0.2) is 15.0 Å². The molecule has 4 nitrogen and oxygen atoms in total. The van der Waals surface area contributed by atoms with Gasteiger partial charge in [0.25, 0.3) is 0 Å². The van der Waals surface area contributed by atoms with Crippen molar-refractivity contribution in [2.75, 3.05) is 0 Å². The van der Waals surface area contributed by atoms with Gasteiger partial charge >= 0.3 is 0 Å². The van der Waals surface area contributed by atoms with Crippen LogP contribution < -0.4 is 0 Å². The fourth-order valence-corrected chi connectivity index (χ4v) is 6.86. The van der Waals surface area contributed by atoms with E-state index in [1.165, 1.54) is 22.3 Å². The second-order valence-electron chi connectivity index (χ2n) is 12.8. The Balaban J connectivity index is 1.04. The Bertz CT molecular complexity index is 1990. The van der Waals surface area contributed by atoms with Crippen LogP contribution in [0.5, 0.6) is 0 Å². The van der Waals surface area contributed by atoms with Crippen LogP contribution >= 0.6 is 0 Å². The predicted octanol–water partition coefficient (Wildman–Crippen LogP) is 10.2. The van der Waals surface area contributed by atoms with Crippen molar-refractivity contribution in [3.8, 4) is 34.2 Å². The lowest BCUT2D eigenvalue weighted by molar-refractivity contribution is 0.540. The monoisotopic (exact) mass is 597 g/mol. The van der Waals surface area contributed by atoms with Crippen molar-refractivity contribution in [2.45, 2.75) is 31.6 Å². The highest BCUT2D eigenvalue weighted by molar-refractivity contribution is 5.67. The molecule has 0 fully saturated rings. The highest BCUT2D eigenvalue weighted by Gasteiger charge is 2.30. The van der Waals surface area contributed by atoms with Gasteiger partial charge in [0.05, 0.1) is 6.26 Å². The van der Waals surface area contributed by atoms with Crippen molar-refractivity contribution in [1.29, 1.82) is 0 Å². The van der Waals surface area contributed by atoms with Crippen molar-refractivity contribution in [3.05, 3.63) is 168 Å². The summed E-state index contributed by atoms with van der Waals surface area (Å²) in [6, 6.07) is 31.0. The molecule has 8 rings (SSSR count). The molecule has 3 aliphatic rings. The zero-order valence-corrected chi connectivity index (χ0v) is 26.0. The molecular weight excluding hydrogens is 562 g/mol. The fourth-order valence-electron chi connectivity index (χ4n) is 6.86. The number of aromatic nitrogens is 3. The standard InChI is InChI=1S/C42H35N3O/c1-42(2,34-20-15-28(16-21-34)33-14-13-29-19-24-38-36(25-26-46-38)37(29)27-33)35-22-17-32(18-23-35)41-44-39(30-9-5-3-6-10-30)43-40(45-41)31-11-7-4-8-12-31/h3-15,17-29,37H,16H2,1-2H3/t28-,29+,37?/m0/s1. The number of hydrogen-bond donors (Lipinski definition) is 0. The maximum Gasteiger partial charge on any atom is 0.164 e. The van der Waals surface area contributed by atoms with Crippen LogP contribution in [0, 0.1) is 11.8 Å². The third kappa shape index (κ3) is 5.20. The molecule has 2 heterocycles. The minimum absolute atomic E-state index is 0.148. The number of allylic oxidation sites excluding steroid dienone is 9. The second-order valence-corrected chi connectivity index (χ2v) is 12.8. The van der Waals surface area contributed by atoms with E-state index in [1.54, 1.807) is 6.26 Å². The summed E-state index contributed by atoms with van der Waals surface area (Å²) >= 11 is 0. The molecule has 1 unspecified atom stereocenters. The Labute approximate surface area is 270 Å². The zero-order chi connectivity index (χ0) is 31.1. The molecule has 0 bridgehead atoms. The average molecular weight is 598 g/mol. The van der Waals surface area contributed by atoms with Crippen molar-refractivity contribution >= 4 is 6.08 Å². The first-order valence-electron chi connectivity index (χ1n) is 16.1. The summed E-state index contributed by atoms with van der Waals surface area (Å²) in [5.74, 6) is 4.14. The van der Waals surface area contributed by atoms with E-state index in [-0.39, 0.29) is 5.41 Å². The van der Waals surface area contributed by atoms with Gasteiger partial charge in [-0.1, -0.05) is 141 Å². The summed E-state index contributed by atoms with van der Waals surface area (Å²) in [5.41, 5.74) is 8.03. The van der Waals surface area contributed by atoms with Gasteiger partial charge in [-0.25, -0.2) is 15.0 Å². The van der Waals surface area contributed by atoms with E-state index in [4.69, 9.17) is 19.4 Å². The maximum atomic E-state index is 5.69. The minimum atomic E-state index is -0.148. The summed E-state index contributed by atoms with van der Waals surface area (Å²) < 4.78 is 5.69. The summed E-state index contributed by atoms with van der Waals surface area (Å²) in [5, 5.41) is 0. The topological polar surface area (TPSA) is 51.8 Å². The number of nitrogens with zero attached hydrogens (tertiary/aromatic N) is 3. The van der Waals surface area contributed by atoms with E-state index in [9.17, 15) is 0 Å². The Hall–Kier alpha value is -5.35. The highest BCUT2D eigenvalue weighted by Crippen LogP contribution is 2.43. The van der Waals surface area contributed by atoms with Gasteiger partial charge in [-0.15, -0.1) is 0 Å². The predicted molar refractivity (Wildman–Crippen MR) is 186 cm³/mol. The van der Waals surface area contributed by atoms with Crippen LogP contribution in [0.25, 0.3) is 40.2 Å². The normalized spacial score (nSPS) is 20.1. The van der Waals surface area contributed by atoms with E-state index in [1.807, 2.05) is 60.7 Å². The lowest BCUT2D eigenvalue weighted by atomic mass is 9.72. The minimum Gasteiger partial charge on any atom is -0.465 e. The van der Waals surface area contributed by atoms with E-state index in [2.05, 4.69) is 92.8 Å². The van der Waals surface area contributed by atoms with Gasteiger partial charge in [0.1, 0.15) is 5.76 Å². The molecule has 3 aromatic carbocycles. The summed E-state index contributed by atoms with van der Waals surface area (Å²) in [6.45, 7) is 4.61. The lowest BCUT2D eigenvalue weighted by Crippen LogP contribution is -2.22. The van der Waals surface area contributed by atoms with Crippen LogP contribution in [0.4, 0.5) is 0 Å². The third-order valence-corrected chi connectivity index (χ3v) is 9.67. The van der Waals surface area contributed by atoms with Crippen LogP contribution in [-0.2, 0) is 5.41 Å². The molecular formula is C42H35N3O. The molecule has 0 N–H and O–H groups in total. The SMILES string of the molecule is CC(C)(C1=CC[C@@H](C2=CC3c4ccoc4C=C[C@H]3C=C2)C=C1)c1ccc(-c2nc(-c3ccccc3)nc(-c3ccccc3)n2)cc1. The Morgan fingerprint density at radius 2 is 1.26 bits per heavy atom. The third-order valence-electron chi connectivity index (χ3n) is 9.67. The number of furan rings is 1. The van der Waals surface area contributed by atoms with Crippen molar-refractivity contribution < 1.29 is 4.42 Å². The van der Waals surface area contributed by atoms with Gasteiger partial charge < -0.3 is 4.42 Å². The number of benzene rings is 3. The van der Waals surface area contributed by atoms with E-state index in [0.717, 1.165) is 28.9 Å². The summed E-state index contributed by atoms with van der Waals surface area (Å²) in [6.07, 6.45) is 21.4. The maximum absolute atomic E-state index is 5.69. The first-order chi connectivity index (χ1) is 22.5. The highest BCUT2D eigenvalue weighted by atomic mass is 16.3. The zero-order valence-electron chi connectivity index (χ0n) is 26.0. The van der Waals surface area contributed by atoms with Crippen LogP contribution in [0.1, 0.15) is 43.1 Å². The quantitative estimate of drug-likeness (QED) is 0.195. The van der Waals surface area contributed by atoms with E-state index >= 15 is 0 Å². The first kappa shape index (κ1) is 28.1. The molecule has 0 radical (unpaired) electrons. The molecule has 224 valence electrons. The number of hydrogen-bond acceptors (Lipinski definition) is 4. The Morgan fingerprint density at radius 1 is 0.652 bits per heavy atom. The van der Waals surface area contributed by atoms with E-state index < -0.39 is 0 Å². The number of rotatable bonds is 6. The van der Waals surface area contributed by atoms with Gasteiger partial charge in [-0.3, -0.25) is 0 Å². The summed E-state index contributed by atoms with van der Waals surface area (Å²) in [4.78, 5) is 14.6. The molecule has 5 aromatic rings. The number of fused-ring (bicyclic) bond motifs is 3. The van der Waals surface area contributed by atoms with Gasteiger partial charge in [-0.05, 0) is 35.3 Å². The summed E-state index contributed by atoms with van der Waals surface area (Å²) in [7, 11) is 0. The van der Waals surface area contributed by atoms with Gasteiger partial charge in [0.15, 0.2) is 17.5 Å². The molecule has 3 aliphatic carbocycles. The molecule has 0 saturated heterocycles. The molecule has 4 heteroatoms. The van der Waals surface area contributed by atoms with Crippen molar-refractivity contribution in [3.63, 3.8) is 0 Å². The Kier molecular flexibility index (Phi) is 7.06. The van der Waals surface area contributed by atoms with Gasteiger partial charge in [0.2, 0.25) is 0 Å². The molecule has 0 aliphatic heterocycles. The Morgan fingerprint density at radius 3 is 1.87 bits per heavy atom. The van der Waals surface area contributed by atoms with Crippen molar-refractivity contribution in [1.82, 2.24) is 15.0 Å². The molecule has 0 amide bonds. The molecule has 3 atom stereocenters. The first-order valence-corrected chi connectivity index (χ1v) is 16.1. The lowest BCUT2D eigenvalue weighted by Gasteiger charge is -2.32. The van der Waals surface area contributed by atoms with Gasteiger partial charge in [0, 0.05) is 45.4 Å². The van der Waals surface area contributed by atoms with Crippen LogP contribution in [0.3, 0.4) is 0 Å². The van der Waals surface area contributed by atoms with Crippen molar-refractivity contribution in [2.24, 2.45) is 11.8 Å². The van der Waals surface area contributed by atoms with E-state index in [0.29, 0.717) is 35.2 Å². The van der Waals surface area contributed by atoms with Gasteiger partial charge in [-0.2, -0.15) is 0 Å². The fraction of sp³-hybridized carbons (Fsp3) is 0.167. The largest absolute Gasteiger partial charge is 0.465 e. The van der Waals surface area contributed by atoms with Crippen LogP contribution in [0.2, 0.25) is 0 Å². The molecule has 2 aromatic heterocycles.